The molecule has 1 aromatic heterocycles. The lowest BCUT2D eigenvalue weighted by atomic mass is 9.75. The Kier molecular flexibility index (Phi) is 5.94. The second kappa shape index (κ2) is 8.99. The number of nitrogens with one attached hydrogen (secondary N) is 2. The summed E-state index contributed by atoms with van der Waals surface area (Å²) in [5, 5.41) is 12.1. The van der Waals surface area contributed by atoms with Crippen LogP contribution in [-0.2, 0) is 11.3 Å². The van der Waals surface area contributed by atoms with E-state index < -0.39 is 0 Å². The molecule has 166 valence electrons. The topological polar surface area (TPSA) is 73.5 Å². The number of carbonyl (C=O) groups is 1. The van der Waals surface area contributed by atoms with Crippen LogP contribution in [0.5, 0.6) is 5.75 Å². The maximum atomic E-state index is 13.0. The van der Waals surface area contributed by atoms with Crippen molar-refractivity contribution in [2.24, 2.45) is 11.8 Å². The molecule has 1 amide bonds. The van der Waals surface area contributed by atoms with Gasteiger partial charge in [-0.05, 0) is 43.0 Å². The number of amides is 1. The number of nitrogens with zero attached hydrogens (tertiary/aromatic N) is 3. The quantitative estimate of drug-likeness (QED) is 0.740. The van der Waals surface area contributed by atoms with Crippen LogP contribution < -0.4 is 15.0 Å². The molecule has 4 fully saturated rings. The zero-order chi connectivity index (χ0) is 21.2. The molecule has 31 heavy (non-hydrogen) atoms. The first-order valence-electron chi connectivity index (χ1n) is 11.9. The van der Waals surface area contributed by atoms with Crippen molar-refractivity contribution in [1.82, 2.24) is 20.3 Å². The fraction of sp³-hybridized carbons (Fsp3) is 0.625. The van der Waals surface area contributed by atoms with Crippen molar-refractivity contribution in [3.8, 4) is 17.0 Å². The molecule has 2 bridgehead atoms. The first-order valence-corrected chi connectivity index (χ1v) is 11.9. The minimum absolute atomic E-state index is 0.188. The highest BCUT2D eigenvalue weighted by atomic mass is 16.5. The van der Waals surface area contributed by atoms with Crippen molar-refractivity contribution >= 4 is 5.91 Å². The maximum absolute atomic E-state index is 13.0. The van der Waals surface area contributed by atoms with Crippen molar-refractivity contribution in [3.05, 3.63) is 30.5 Å². The van der Waals surface area contributed by atoms with E-state index >= 15 is 0 Å². The number of hydrogen-bond donors (Lipinski definition) is 2. The summed E-state index contributed by atoms with van der Waals surface area (Å²) < 4.78 is 7.22. The summed E-state index contributed by atoms with van der Waals surface area (Å²) in [5.74, 6) is 1.85. The average Bonchev–Trinajstić information content (AvgIpc) is 3.28. The van der Waals surface area contributed by atoms with E-state index in [9.17, 15) is 4.79 Å². The number of carbonyl (C=O) groups excluding carboxylic acids is 1. The third-order valence-electron chi connectivity index (χ3n) is 7.67. The van der Waals surface area contributed by atoms with Crippen LogP contribution in [0.25, 0.3) is 11.3 Å². The molecule has 1 aromatic carbocycles. The smallest absolute Gasteiger partial charge is 0.229 e. The van der Waals surface area contributed by atoms with Gasteiger partial charge in [0.25, 0.3) is 0 Å². The number of aromatic nitrogens is 3. The molecule has 7 heteroatoms. The van der Waals surface area contributed by atoms with Crippen LogP contribution in [-0.4, -0.2) is 53.2 Å². The third kappa shape index (κ3) is 4.47. The summed E-state index contributed by atoms with van der Waals surface area (Å²) in [6, 6.07) is 8.85. The van der Waals surface area contributed by atoms with E-state index in [0.717, 1.165) is 49.4 Å². The van der Waals surface area contributed by atoms with Gasteiger partial charge in [-0.15, -0.1) is 5.10 Å². The minimum atomic E-state index is 0.188. The number of piperidine rings is 3. The van der Waals surface area contributed by atoms with Crippen molar-refractivity contribution in [1.29, 1.82) is 0 Å². The third-order valence-corrected chi connectivity index (χ3v) is 7.67. The molecule has 3 saturated heterocycles. The van der Waals surface area contributed by atoms with E-state index in [1.54, 1.807) is 12.0 Å². The fourth-order valence-electron chi connectivity index (χ4n) is 5.88. The van der Waals surface area contributed by atoms with Gasteiger partial charge >= 0.3 is 0 Å². The maximum Gasteiger partial charge on any atom is 0.229 e. The van der Waals surface area contributed by atoms with Gasteiger partial charge in [0.2, 0.25) is 5.91 Å². The van der Waals surface area contributed by atoms with Crippen LogP contribution in [0.3, 0.4) is 0 Å². The lowest BCUT2D eigenvalue weighted by Gasteiger charge is -2.46. The summed E-state index contributed by atoms with van der Waals surface area (Å²) in [5.41, 5.74) is 1.93. The van der Waals surface area contributed by atoms with Gasteiger partial charge in [0.15, 0.2) is 0 Å². The van der Waals surface area contributed by atoms with Crippen LogP contribution in [0.2, 0.25) is 0 Å². The van der Waals surface area contributed by atoms with Gasteiger partial charge in [-0.1, -0.05) is 24.5 Å². The largest absolute Gasteiger partial charge is 0.497 e. The van der Waals surface area contributed by atoms with Crippen molar-refractivity contribution in [2.75, 3.05) is 20.2 Å². The number of quaternary nitrogens is 1. The van der Waals surface area contributed by atoms with Crippen LogP contribution in [0.4, 0.5) is 0 Å². The van der Waals surface area contributed by atoms with E-state index in [-0.39, 0.29) is 5.92 Å². The minimum Gasteiger partial charge on any atom is -0.497 e. The molecule has 2 N–H and O–H groups in total. The molecule has 1 saturated carbocycles. The highest BCUT2D eigenvalue weighted by molar-refractivity contribution is 5.79. The van der Waals surface area contributed by atoms with Crippen molar-refractivity contribution < 1.29 is 14.4 Å². The number of ether oxygens (including phenoxy) is 1. The van der Waals surface area contributed by atoms with Gasteiger partial charge in [-0.3, -0.25) is 4.79 Å². The molecule has 0 radical (unpaired) electrons. The molecular formula is C24H34N5O2+. The highest BCUT2D eigenvalue weighted by Gasteiger charge is 2.46. The first kappa shape index (κ1) is 20.5. The number of benzene rings is 1. The molecule has 3 aliphatic heterocycles. The Morgan fingerprint density at radius 2 is 2.00 bits per heavy atom. The van der Waals surface area contributed by atoms with Crippen LogP contribution in [0.1, 0.15) is 44.9 Å². The summed E-state index contributed by atoms with van der Waals surface area (Å²) >= 11 is 0. The Morgan fingerprint density at radius 1 is 1.19 bits per heavy atom. The van der Waals surface area contributed by atoms with E-state index in [4.69, 9.17) is 4.74 Å². The summed E-state index contributed by atoms with van der Waals surface area (Å²) in [4.78, 5) is 14.5. The second-order valence-electron chi connectivity index (χ2n) is 9.60. The fourth-order valence-corrected chi connectivity index (χ4v) is 5.88. The molecule has 0 spiro atoms. The van der Waals surface area contributed by atoms with Crippen LogP contribution >= 0.6 is 0 Å². The van der Waals surface area contributed by atoms with E-state index in [1.807, 2.05) is 35.1 Å². The Labute approximate surface area is 184 Å². The van der Waals surface area contributed by atoms with E-state index in [0.29, 0.717) is 23.9 Å². The SMILES string of the molecule is COc1ccc(-c2cn(C[C@H]3C[C@H]4CC[NH+]3C[C@@H]4C(=O)NC3CCCCC3)nn2)cc1. The predicted molar refractivity (Wildman–Crippen MR) is 118 cm³/mol. The molecule has 7 nitrogen and oxygen atoms in total. The Balaban J connectivity index is 1.19. The van der Waals surface area contributed by atoms with Crippen LogP contribution in [0.15, 0.2) is 30.5 Å². The number of rotatable bonds is 6. The van der Waals surface area contributed by atoms with Crippen molar-refractivity contribution in [2.45, 2.75) is 63.6 Å². The second-order valence-corrected chi connectivity index (χ2v) is 9.60. The zero-order valence-corrected chi connectivity index (χ0v) is 18.4. The number of fused-ring (bicyclic) bond motifs is 3. The summed E-state index contributed by atoms with van der Waals surface area (Å²) in [7, 11) is 1.67. The number of hydrogen-bond acceptors (Lipinski definition) is 4. The number of methoxy groups -OCH3 is 1. The Hall–Kier alpha value is -2.41. The van der Waals surface area contributed by atoms with Gasteiger partial charge in [0, 0.05) is 24.4 Å². The Morgan fingerprint density at radius 3 is 2.71 bits per heavy atom. The van der Waals surface area contributed by atoms with E-state index in [1.165, 1.54) is 32.2 Å². The molecule has 4 atom stereocenters. The summed E-state index contributed by atoms with van der Waals surface area (Å²) in [6.45, 7) is 3.00. The van der Waals surface area contributed by atoms with Gasteiger partial charge in [0.1, 0.15) is 17.5 Å². The molecule has 2 aromatic rings. The monoisotopic (exact) mass is 424 g/mol. The molecule has 4 aliphatic rings. The Bertz CT molecular complexity index is 890. The molecule has 4 heterocycles. The van der Waals surface area contributed by atoms with Gasteiger partial charge in [-0.25, -0.2) is 4.68 Å². The molecule has 6 rings (SSSR count). The normalized spacial score (nSPS) is 28.4. The molecule has 1 aliphatic carbocycles. The molecule has 1 unspecified atom stereocenters. The average molecular weight is 425 g/mol. The first-order chi connectivity index (χ1) is 15.2. The van der Waals surface area contributed by atoms with Gasteiger partial charge < -0.3 is 15.0 Å². The van der Waals surface area contributed by atoms with Gasteiger partial charge in [-0.2, -0.15) is 0 Å². The highest BCUT2D eigenvalue weighted by Crippen LogP contribution is 2.29. The lowest BCUT2D eigenvalue weighted by molar-refractivity contribution is -0.945. The van der Waals surface area contributed by atoms with Crippen molar-refractivity contribution in [3.63, 3.8) is 0 Å². The van der Waals surface area contributed by atoms with E-state index in [2.05, 4.69) is 15.6 Å². The van der Waals surface area contributed by atoms with Gasteiger partial charge in [0.05, 0.1) is 38.9 Å². The van der Waals surface area contributed by atoms with Crippen LogP contribution in [0, 0.1) is 11.8 Å². The zero-order valence-electron chi connectivity index (χ0n) is 18.4. The summed E-state index contributed by atoms with van der Waals surface area (Å²) in [6.07, 6.45) is 10.5. The molecular weight excluding hydrogens is 390 g/mol. The standard InChI is InChI=1S/C24H33N5O2/c1-31-21-9-7-17(8-10-21)23-16-29(27-26-23)14-20-13-18-11-12-28(20)15-22(18)24(30)25-19-5-3-2-4-6-19/h7-10,16,18-20,22H,2-6,11-15H2,1H3,(H,25,30)/p+1/t18-,20-,22+/m1/s1. The predicted octanol–water partition coefficient (Wildman–Crippen LogP) is 1.70. The lowest BCUT2D eigenvalue weighted by Crippen LogP contribution is -3.20.